The first-order valence-electron chi connectivity index (χ1n) is 8.01. The molecule has 19 heavy (non-hydrogen) atoms. The lowest BCUT2D eigenvalue weighted by atomic mass is 9.79. The Labute approximate surface area is 122 Å². The highest BCUT2D eigenvalue weighted by atomic mass is 35.5. The molecule has 0 aromatic heterocycles. The average molecular weight is 289 g/mol. The van der Waals surface area contributed by atoms with E-state index >= 15 is 0 Å². The van der Waals surface area contributed by atoms with Gasteiger partial charge in [0, 0.05) is 0 Å². The Balaban J connectivity index is 2.02. The van der Waals surface area contributed by atoms with Gasteiger partial charge in [-0.05, 0) is 31.6 Å². The van der Waals surface area contributed by atoms with Gasteiger partial charge in [0.25, 0.3) is 0 Å². The molecule has 1 rings (SSSR count). The minimum Gasteiger partial charge on any atom is -0.480 e. The van der Waals surface area contributed by atoms with Crippen molar-refractivity contribution in [3.8, 4) is 0 Å². The van der Waals surface area contributed by atoms with Crippen LogP contribution in [0.4, 0.5) is 0 Å². The summed E-state index contributed by atoms with van der Waals surface area (Å²) in [5, 5.41) is 9.07. The molecule has 1 N–H and O–H groups in total. The highest BCUT2D eigenvalue weighted by Gasteiger charge is 2.39. The summed E-state index contributed by atoms with van der Waals surface area (Å²) < 4.78 is 0. The van der Waals surface area contributed by atoms with Crippen molar-refractivity contribution in [3.05, 3.63) is 0 Å². The summed E-state index contributed by atoms with van der Waals surface area (Å²) in [5.41, 5.74) is 0. The van der Waals surface area contributed by atoms with Crippen molar-refractivity contribution in [3.63, 3.8) is 0 Å². The van der Waals surface area contributed by atoms with Crippen LogP contribution in [0.25, 0.3) is 0 Å². The molecule has 1 aliphatic carbocycles. The van der Waals surface area contributed by atoms with Crippen molar-refractivity contribution in [2.75, 3.05) is 0 Å². The number of hydrogen-bond donors (Lipinski definition) is 1. The second-order valence-corrected chi connectivity index (χ2v) is 6.85. The van der Waals surface area contributed by atoms with Crippen molar-refractivity contribution < 1.29 is 9.90 Å². The average Bonchev–Trinajstić information content (AvgIpc) is 2.40. The third-order valence-corrected chi connectivity index (χ3v) is 5.04. The van der Waals surface area contributed by atoms with E-state index in [1.165, 1.54) is 51.4 Å². The smallest absolute Gasteiger partial charge is 0.324 e. The lowest BCUT2D eigenvalue weighted by molar-refractivity contribution is -0.141. The topological polar surface area (TPSA) is 37.3 Å². The van der Waals surface area contributed by atoms with Crippen molar-refractivity contribution in [2.45, 2.75) is 88.8 Å². The molecule has 0 atom stereocenters. The summed E-state index contributed by atoms with van der Waals surface area (Å²) in [6.07, 6.45) is 14.0. The molecule has 3 heteroatoms. The third-order valence-electron chi connectivity index (χ3n) is 4.50. The maximum Gasteiger partial charge on any atom is 0.324 e. The van der Waals surface area contributed by atoms with Crippen molar-refractivity contribution in [1.29, 1.82) is 0 Å². The van der Waals surface area contributed by atoms with Crippen LogP contribution in [0.1, 0.15) is 84.0 Å². The highest BCUT2D eigenvalue weighted by Crippen LogP contribution is 2.39. The summed E-state index contributed by atoms with van der Waals surface area (Å²) >= 11 is 6.11. The van der Waals surface area contributed by atoms with E-state index in [2.05, 4.69) is 6.92 Å². The van der Waals surface area contributed by atoms with Crippen LogP contribution in [-0.2, 0) is 4.79 Å². The van der Waals surface area contributed by atoms with E-state index in [1.54, 1.807) is 0 Å². The van der Waals surface area contributed by atoms with E-state index in [4.69, 9.17) is 16.7 Å². The number of alkyl halides is 1. The van der Waals surface area contributed by atoms with Crippen LogP contribution >= 0.6 is 11.6 Å². The molecular formula is C16H29ClO2. The number of unbranched alkanes of at least 4 members (excludes halogenated alkanes) is 6. The fourth-order valence-corrected chi connectivity index (χ4v) is 3.25. The second-order valence-electron chi connectivity index (χ2n) is 6.12. The normalized spacial score (nSPS) is 27.4. The fourth-order valence-electron chi connectivity index (χ4n) is 3.03. The quantitative estimate of drug-likeness (QED) is 0.457. The molecular weight excluding hydrogens is 260 g/mol. The third kappa shape index (κ3) is 6.16. The Morgan fingerprint density at radius 1 is 1.11 bits per heavy atom. The van der Waals surface area contributed by atoms with E-state index in [9.17, 15) is 4.79 Å². The van der Waals surface area contributed by atoms with Gasteiger partial charge in [0.1, 0.15) is 4.87 Å². The molecule has 1 fully saturated rings. The van der Waals surface area contributed by atoms with Gasteiger partial charge in [-0.25, -0.2) is 0 Å². The van der Waals surface area contributed by atoms with Gasteiger partial charge in [-0.1, -0.05) is 58.3 Å². The predicted molar refractivity (Wildman–Crippen MR) is 80.8 cm³/mol. The van der Waals surface area contributed by atoms with E-state index in [-0.39, 0.29) is 0 Å². The molecule has 112 valence electrons. The van der Waals surface area contributed by atoms with Crippen LogP contribution in [0.3, 0.4) is 0 Å². The Kier molecular flexibility index (Phi) is 7.82. The zero-order valence-corrected chi connectivity index (χ0v) is 13.1. The number of aliphatic carboxylic acids is 1. The fraction of sp³-hybridized carbons (Fsp3) is 0.938. The van der Waals surface area contributed by atoms with Gasteiger partial charge in [-0.3, -0.25) is 4.79 Å². The minimum atomic E-state index is -0.962. The van der Waals surface area contributed by atoms with E-state index < -0.39 is 10.8 Å². The van der Waals surface area contributed by atoms with E-state index in [1.807, 2.05) is 0 Å². The summed E-state index contributed by atoms with van der Waals surface area (Å²) in [6.45, 7) is 2.25. The summed E-state index contributed by atoms with van der Waals surface area (Å²) in [7, 11) is 0. The lowest BCUT2D eigenvalue weighted by Crippen LogP contribution is -2.36. The zero-order valence-electron chi connectivity index (χ0n) is 12.3. The maximum atomic E-state index is 11.0. The molecule has 0 radical (unpaired) electrons. The van der Waals surface area contributed by atoms with Crippen LogP contribution in [0.2, 0.25) is 0 Å². The molecule has 0 unspecified atom stereocenters. The van der Waals surface area contributed by atoms with Gasteiger partial charge in [0.15, 0.2) is 0 Å². The van der Waals surface area contributed by atoms with Crippen molar-refractivity contribution in [2.24, 2.45) is 5.92 Å². The van der Waals surface area contributed by atoms with Crippen molar-refractivity contribution in [1.82, 2.24) is 0 Å². The lowest BCUT2D eigenvalue weighted by Gasteiger charge is -2.32. The molecule has 0 aromatic rings. The molecule has 0 spiro atoms. The Bertz CT molecular complexity index is 257. The molecule has 0 aliphatic heterocycles. The number of carboxylic acids is 1. The Hall–Kier alpha value is -0.240. The monoisotopic (exact) mass is 288 g/mol. The van der Waals surface area contributed by atoms with Crippen LogP contribution in [0.5, 0.6) is 0 Å². The summed E-state index contributed by atoms with van der Waals surface area (Å²) in [4.78, 5) is 10.1. The largest absolute Gasteiger partial charge is 0.480 e. The van der Waals surface area contributed by atoms with E-state index in [0.29, 0.717) is 18.8 Å². The second kappa shape index (κ2) is 8.84. The van der Waals surface area contributed by atoms with Gasteiger partial charge in [-0.15, -0.1) is 11.6 Å². The summed E-state index contributed by atoms with van der Waals surface area (Å²) in [5.74, 6) is -0.120. The van der Waals surface area contributed by atoms with Gasteiger partial charge < -0.3 is 5.11 Å². The number of hydrogen-bond acceptors (Lipinski definition) is 1. The molecule has 0 aromatic carbocycles. The maximum absolute atomic E-state index is 11.0. The van der Waals surface area contributed by atoms with Crippen LogP contribution in [-0.4, -0.2) is 16.0 Å². The summed E-state index contributed by atoms with van der Waals surface area (Å²) in [6, 6.07) is 0. The first-order chi connectivity index (χ1) is 9.08. The highest BCUT2D eigenvalue weighted by molar-refractivity contribution is 6.33. The zero-order chi connectivity index (χ0) is 14.1. The van der Waals surface area contributed by atoms with Gasteiger partial charge >= 0.3 is 5.97 Å². The number of halogens is 1. The Morgan fingerprint density at radius 2 is 1.63 bits per heavy atom. The van der Waals surface area contributed by atoms with Crippen LogP contribution < -0.4 is 0 Å². The number of carbonyl (C=O) groups is 1. The molecule has 2 nitrogen and oxygen atoms in total. The first kappa shape index (κ1) is 16.8. The minimum absolute atomic E-state index is 0.644. The molecule has 1 saturated carbocycles. The Morgan fingerprint density at radius 3 is 2.16 bits per heavy atom. The predicted octanol–water partition coefficient (Wildman–Crippen LogP) is 5.38. The van der Waals surface area contributed by atoms with Crippen LogP contribution in [0, 0.1) is 5.92 Å². The van der Waals surface area contributed by atoms with Gasteiger partial charge in [-0.2, -0.15) is 0 Å². The number of rotatable bonds is 9. The van der Waals surface area contributed by atoms with Gasteiger partial charge in [0.05, 0.1) is 0 Å². The van der Waals surface area contributed by atoms with Crippen molar-refractivity contribution >= 4 is 17.6 Å². The van der Waals surface area contributed by atoms with Gasteiger partial charge in [0.2, 0.25) is 0 Å². The van der Waals surface area contributed by atoms with Crippen LogP contribution in [0.15, 0.2) is 0 Å². The molecule has 0 amide bonds. The molecule has 0 heterocycles. The first-order valence-corrected chi connectivity index (χ1v) is 8.38. The molecule has 1 aliphatic rings. The standard InChI is InChI=1S/C16H29ClO2/c1-2-3-4-5-6-7-8-9-14-10-12-16(17,13-11-14)15(18)19/h14H,2-13H2,1H3,(H,18,19). The SMILES string of the molecule is CCCCCCCCCC1CCC(Cl)(C(=O)O)CC1. The molecule has 0 saturated heterocycles. The molecule has 0 bridgehead atoms. The number of carboxylic acid groups (broad SMARTS) is 1. The van der Waals surface area contributed by atoms with E-state index in [0.717, 1.165) is 12.8 Å².